The number of likely N-dealkylation sites (N-methyl/N-ethyl adjacent to an activating group) is 1. The number of rotatable bonds is 6. The fourth-order valence-electron chi connectivity index (χ4n) is 2.09. The quantitative estimate of drug-likeness (QED) is 0.860. The molecule has 0 aliphatic rings. The standard InChI is InChI=1S/C16H25N3O2/c1-12-6-7-15(13(2)10-12)19(14(3)20)11-16(21)17-8-9-18(4)5/h6-7,10H,8-9,11H2,1-5H3,(H,17,21). The first-order chi connectivity index (χ1) is 9.81. The molecule has 5 nitrogen and oxygen atoms in total. The molecule has 0 spiro atoms. The van der Waals surface area contributed by atoms with Gasteiger partial charge in [-0.1, -0.05) is 17.7 Å². The Kier molecular flexibility index (Phi) is 6.37. The van der Waals surface area contributed by atoms with Gasteiger partial charge in [0.2, 0.25) is 11.8 Å². The van der Waals surface area contributed by atoms with Gasteiger partial charge in [-0.2, -0.15) is 0 Å². The molecule has 0 aliphatic heterocycles. The number of anilines is 1. The van der Waals surface area contributed by atoms with Crippen molar-refractivity contribution in [3.63, 3.8) is 0 Å². The number of aryl methyl sites for hydroxylation is 2. The lowest BCUT2D eigenvalue weighted by Crippen LogP contribution is -2.41. The molecule has 2 amide bonds. The molecule has 0 fully saturated rings. The van der Waals surface area contributed by atoms with Crippen LogP contribution in [-0.4, -0.2) is 50.4 Å². The second-order valence-electron chi connectivity index (χ2n) is 5.55. The van der Waals surface area contributed by atoms with Crippen LogP contribution in [0.3, 0.4) is 0 Å². The van der Waals surface area contributed by atoms with Gasteiger partial charge in [0.1, 0.15) is 6.54 Å². The van der Waals surface area contributed by atoms with Gasteiger partial charge in [0.25, 0.3) is 0 Å². The molecule has 0 heterocycles. The predicted molar refractivity (Wildman–Crippen MR) is 85.5 cm³/mol. The van der Waals surface area contributed by atoms with Crippen LogP contribution in [0.5, 0.6) is 0 Å². The van der Waals surface area contributed by atoms with E-state index in [9.17, 15) is 9.59 Å². The Bertz CT molecular complexity index is 512. The smallest absolute Gasteiger partial charge is 0.240 e. The van der Waals surface area contributed by atoms with Crippen molar-refractivity contribution in [2.24, 2.45) is 0 Å². The molecule has 116 valence electrons. The minimum Gasteiger partial charge on any atom is -0.353 e. The first kappa shape index (κ1) is 17.2. The van der Waals surface area contributed by atoms with Crippen molar-refractivity contribution < 1.29 is 9.59 Å². The average Bonchev–Trinajstić information content (AvgIpc) is 2.36. The van der Waals surface area contributed by atoms with Crippen LogP contribution in [0, 0.1) is 13.8 Å². The van der Waals surface area contributed by atoms with Crippen LogP contribution in [0.2, 0.25) is 0 Å². The number of hydrogen-bond donors (Lipinski definition) is 1. The molecular weight excluding hydrogens is 266 g/mol. The number of carbonyl (C=O) groups is 2. The Balaban J connectivity index is 2.74. The number of benzene rings is 1. The Labute approximate surface area is 126 Å². The SMILES string of the molecule is CC(=O)N(CC(=O)NCCN(C)C)c1ccc(C)cc1C. The number of carbonyl (C=O) groups excluding carboxylic acids is 2. The fraction of sp³-hybridized carbons (Fsp3) is 0.500. The van der Waals surface area contributed by atoms with Gasteiger partial charge >= 0.3 is 0 Å². The highest BCUT2D eigenvalue weighted by molar-refractivity contribution is 5.98. The first-order valence-electron chi connectivity index (χ1n) is 7.08. The summed E-state index contributed by atoms with van der Waals surface area (Å²) in [7, 11) is 3.90. The summed E-state index contributed by atoms with van der Waals surface area (Å²) in [5.74, 6) is -0.281. The van der Waals surface area contributed by atoms with Crippen molar-refractivity contribution in [3.05, 3.63) is 29.3 Å². The summed E-state index contributed by atoms with van der Waals surface area (Å²) in [4.78, 5) is 27.3. The van der Waals surface area contributed by atoms with E-state index in [2.05, 4.69) is 5.32 Å². The minimum absolute atomic E-state index is 0.0483. The molecule has 1 rings (SSSR count). The van der Waals surface area contributed by atoms with Gasteiger partial charge < -0.3 is 15.1 Å². The van der Waals surface area contributed by atoms with Crippen LogP contribution in [-0.2, 0) is 9.59 Å². The molecular formula is C16H25N3O2. The summed E-state index contributed by atoms with van der Waals surface area (Å²) in [5, 5.41) is 2.83. The Hall–Kier alpha value is -1.88. The molecule has 0 saturated heterocycles. The van der Waals surface area contributed by atoms with E-state index >= 15 is 0 Å². The van der Waals surface area contributed by atoms with E-state index in [0.29, 0.717) is 6.54 Å². The lowest BCUT2D eigenvalue weighted by Gasteiger charge is -2.23. The number of amides is 2. The predicted octanol–water partition coefficient (Wildman–Crippen LogP) is 1.33. The van der Waals surface area contributed by atoms with E-state index in [-0.39, 0.29) is 18.4 Å². The summed E-state index contributed by atoms with van der Waals surface area (Å²) in [5.41, 5.74) is 2.91. The zero-order chi connectivity index (χ0) is 16.0. The second-order valence-corrected chi connectivity index (χ2v) is 5.55. The van der Waals surface area contributed by atoms with Gasteiger partial charge in [-0.15, -0.1) is 0 Å². The fourth-order valence-corrected chi connectivity index (χ4v) is 2.09. The van der Waals surface area contributed by atoms with E-state index < -0.39 is 0 Å². The highest BCUT2D eigenvalue weighted by Crippen LogP contribution is 2.21. The zero-order valence-corrected chi connectivity index (χ0v) is 13.6. The van der Waals surface area contributed by atoms with Gasteiger partial charge in [-0.25, -0.2) is 0 Å². The van der Waals surface area contributed by atoms with Crippen LogP contribution < -0.4 is 10.2 Å². The van der Waals surface area contributed by atoms with Gasteiger partial charge in [0.15, 0.2) is 0 Å². The molecule has 0 aromatic heterocycles. The monoisotopic (exact) mass is 291 g/mol. The van der Waals surface area contributed by atoms with Crippen LogP contribution in [0.25, 0.3) is 0 Å². The second kappa shape index (κ2) is 7.78. The molecule has 1 aromatic carbocycles. The normalized spacial score (nSPS) is 10.6. The summed E-state index contributed by atoms with van der Waals surface area (Å²) in [6.45, 7) is 6.82. The maximum absolute atomic E-state index is 12.0. The van der Waals surface area contributed by atoms with Gasteiger partial charge in [0, 0.05) is 25.7 Å². The topological polar surface area (TPSA) is 52.7 Å². The Morgan fingerprint density at radius 3 is 2.38 bits per heavy atom. The molecule has 21 heavy (non-hydrogen) atoms. The highest BCUT2D eigenvalue weighted by atomic mass is 16.2. The van der Waals surface area contributed by atoms with E-state index in [4.69, 9.17) is 0 Å². The van der Waals surface area contributed by atoms with Crippen LogP contribution in [0.1, 0.15) is 18.1 Å². The molecule has 0 unspecified atom stereocenters. The Morgan fingerprint density at radius 1 is 1.19 bits per heavy atom. The third-order valence-corrected chi connectivity index (χ3v) is 3.21. The number of hydrogen-bond acceptors (Lipinski definition) is 3. The van der Waals surface area contributed by atoms with E-state index in [0.717, 1.165) is 23.4 Å². The summed E-state index contributed by atoms with van der Waals surface area (Å²) >= 11 is 0. The van der Waals surface area contributed by atoms with Crippen molar-refractivity contribution in [2.75, 3.05) is 38.6 Å². The molecule has 0 aliphatic carbocycles. The van der Waals surface area contributed by atoms with Crippen molar-refractivity contribution >= 4 is 17.5 Å². The van der Waals surface area contributed by atoms with Gasteiger partial charge in [-0.3, -0.25) is 9.59 Å². The molecule has 0 bridgehead atoms. The summed E-state index contributed by atoms with van der Waals surface area (Å²) < 4.78 is 0. The lowest BCUT2D eigenvalue weighted by molar-refractivity contribution is -0.123. The highest BCUT2D eigenvalue weighted by Gasteiger charge is 2.17. The largest absolute Gasteiger partial charge is 0.353 e. The third kappa shape index (κ3) is 5.55. The maximum Gasteiger partial charge on any atom is 0.240 e. The molecule has 5 heteroatoms. The zero-order valence-electron chi connectivity index (χ0n) is 13.6. The minimum atomic E-state index is -0.146. The summed E-state index contributed by atoms with van der Waals surface area (Å²) in [6, 6.07) is 5.84. The van der Waals surface area contributed by atoms with E-state index in [1.54, 1.807) is 0 Å². The van der Waals surface area contributed by atoms with Crippen LogP contribution in [0.15, 0.2) is 18.2 Å². The number of nitrogens with zero attached hydrogens (tertiary/aromatic N) is 2. The third-order valence-electron chi connectivity index (χ3n) is 3.21. The van der Waals surface area contributed by atoms with Crippen molar-refractivity contribution in [1.82, 2.24) is 10.2 Å². The number of nitrogens with one attached hydrogen (secondary N) is 1. The molecule has 0 radical (unpaired) electrons. The van der Waals surface area contributed by atoms with Crippen molar-refractivity contribution in [2.45, 2.75) is 20.8 Å². The van der Waals surface area contributed by atoms with Gasteiger partial charge in [-0.05, 0) is 39.6 Å². The van der Waals surface area contributed by atoms with E-state index in [1.807, 2.05) is 51.0 Å². The van der Waals surface area contributed by atoms with E-state index in [1.165, 1.54) is 11.8 Å². The van der Waals surface area contributed by atoms with Gasteiger partial charge in [0.05, 0.1) is 0 Å². The lowest BCUT2D eigenvalue weighted by atomic mass is 10.1. The molecule has 1 N–H and O–H groups in total. The molecule has 0 saturated carbocycles. The maximum atomic E-state index is 12.0. The van der Waals surface area contributed by atoms with Crippen molar-refractivity contribution in [1.29, 1.82) is 0 Å². The molecule has 1 aromatic rings. The summed E-state index contributed by atoms with van der Waals surface area (Å²) in [6.07, 6.45) is 0. The average molecular weight is 291 g/mol. The van der Waals surface area contributed by atoms with Crippen LogP contribution >= 0.6 is 0 Å². The Morgan fingerprint density at radius 2 is 1.86 bits per heavy atom. The molecule has 0 atom stereocenters. The van der Waals surface area contributed by atoms with Crippen molar-refractivity contribution in [3.8, 4) is 0 Å². The van der Waals surface area contributed by atoms with Crippen LogP contribution in [0.4, 0.5) is 5.69 Å². The first-order valence-corrected chi connectivity index (χ1v) is 7.08.